The molecule has 0 aliphatic heterocycles. The van der Waals surface area contributed by atoms with Gasteiger partial charge in [-0.15, -0.1) is 0 Å². The highest BCUT2D eigenvalue weighted by Crippen LogP contribution is 2.10. The third kappa shape index (κ3) is 1.46. The van der Waals surface area contributed by atoms with Crippen LogP contribution in [-0.4, -0.2) is 5.11 Å². The number of hydrogen-bond acceptors (Lipinski definition) is 1. The highest BCUT2D eigenvalue weighted by atomic mass is 16.3. The van der Waals surface area contributed by atoms with E-state index in [1.54, 1.807) is 0 Å². The fraction of sp³-hybridized carbons (Fsp3) is 0.250. The molecular formula is C8H10O. The highest BCUT2D eigenvalue weighted by Gasteiger charge is 1.87. The topological polar surface area (TPSA) is 20.2 Å². The lowest BCUT2D eigenvalue weighted by Gasteiger charge is -1.94. The first kappa shape index (κ1) is 2.33. The van der Waals surface area contributed by atoms with Crippen molar-refractivity contribution < 1.29 is 12.0 Å². The van der Waals surface area contributed by atoms with Crippen LogP contribution in [0, 0.1) is 0 Å². The molecule has 0 amide bonds. The molecule has 0 heterocycles. The number of phenolic OH excluding ortho intramolecular Hbond substituents is 1. The standard InChI is InChI=1S/C8H10O/c1-2-7-4-3-5-8(9)6-7/h3-6,9H,2H2,1H3/i1D3,2D2. The van der Waals surface area contributed by atoms with E-state index >= 15 is 0 Å². The summed E-state index contributed by atoms with van der Waals surface area (Å²) in [5.74, 6) is -0.143. The molecule has 0 spiro atoms. The van der Waals surface area contributed by atoms with E-state index in [4.69, 9.17) is 12.0 Å². The van der Waals surface area contributed by atoms with Gasteiger partial charge in [0.25, 0.3) is 0 Å². The second-order valence-electron chi connectivity index (χ2n) is 1.68. The Balaban J connectivity index is 3.16. The van der Waals surface area contributed by atoms with Crippen LogP contribution in [0.25, 0.3) is 0 Å². The van der Waals surface area contributed by atoms with Crippen LogP contribution in [0.4, 0.5) is 0 Å². The van der Waals surface area contributed by atoms with E-state index < -0.39 is 13.2 Å². The number of aromatic hydroxyl groups is 1. The number of hydrogen-bond donors (Lipinski definition) is 1. The van der Waals surface area contributed by atoms with Crippen LogP contribution >= 0.6 is 0 Å². The predicted molar refractivity (Wildman–Crippen MR) is 37.5 cm³/mol. The Kier molecular flexibility index (Phi) is 0.656. The van der Waals surface area contributed by atoms with Gasteiger partial charge in [0.1, 0.15) is 5.75 Å². The van der Waals surface area contributed by atoms with Crippen molar-refractivity contribution in [2.24, 2.45) is 0 Å². The molecule has 1 rings (SSSR count). The van der Waals surface area contributed by atoms with Gasteiger partial charge in [-0.05, 0) is 24.1 Å². The third-order valence-electron chi connectivity index (χ3n) is 0.990. The minimum atomic E-state index is -2.74. The summed E-state index contributed by atoms with van der Waals surface area (Å²) in [4.78, 5) is 0. The lowest BCUT2D eigenvalue weighted by Crippen LogP contribution is -1.75. The lowest BCUT2D eigenvalue weighted by atomic mass is 10.2. The average molecular weight is 127 g/mol. The van der Waals surface area contributed by atoms with Gasteiger partial charge in [0, 0.05) is 6.85 Å². The van der Waals surface area contributed by atoms with Gasteiger partial charge in [-0.3, -0.25) is 0 Å². The van der Waals surface area contributed by atoms with E-state index in [-0.39, 0.29) is 11.3 Å². The Hall–Kier alpha value is -0.980. The summed E-state index contributed by atoms with van der Waals surface area (Å²) >= 11 is 0. The normalized spacial score (nSPS) is 20.7. The minimum absolute atomic E-state index is 0.0440. The summed E-state index contributed by atoms with van der Waals surface area (Å²) in [6.45, 7) is -2.74. The molecule has 0 radical (unpaired) electrons. The van der Waals surface area contributed by atoms with E-state index in [0.717, 1.165) is 6.07 Å². The molecular weight excluding hydrogens is 112 g/mol. The van der Waals surface area contributed by atoms with Gasteiger partial charge < -0.3 is 5.11 Å². The van der Waals surface area contributed by atoms with E-state index in [9.17, 15) is 0 Å². The Morgan fingerprint density at radius 1 is 1.78 bits per heavy atom. The average Bonchev–Trinajstić information content (AvgIpc) is 2.02. The summed E-state index contributed by atoms with van der Waals surface area (Å²) in [5, 5.41) is 9.09. The molecule has 0 bridgehead atoms. The van der Waals surface area contributed by atoms with Gasteiger partial charge in [0.15, 0.2) is 0 Å². The van der Waals surface area contributed by atoms with Crippen molar-refractivity contribution in [3.05, 3.63) is 29.8 Å². The van der Waals surface area contributed by atoms with Crippen LogP contribution in [0.2, 0.25) is 0 Å². The van der Waals surface area contributed by atoms with Crippen molar-refractivity contribution in [3.8, 4) is 5.75 Å². The first-order valence-corrected chi connectivity index (χ1v) is 2.54. The zero-order valence-electron chi connectivity index (χ0n) is 9.76. The Morgan fingerprint density at radius 3 is 3.33 bits per heavy atom. The van der Waals surface area contributed by atoms with Gasteiger partial charge in [0.05, 0.1) is 0 Å². The Bertz CT molecular complexity index is 331. The molecule has 0 saturated carbocycles. The fourth-order valence-electron chi connectivity index (χ4n) is 0.584. The molecule has 0 fully saturated rings. The second-order valence-corrected chi connectivity index (χ2v) is 1.68. The lowest BCUT2D eigenvalue weighted by molar-refractivity contribution is 0.474. The van der Waals surface area contributed by atoms with Crippen LogP contribution in [-0.2, 0) is 6.37 Å². The van der Waals surface area contributed by atoms with Crippen LogP contribution in [0.1, 0.15) is 19.3 Å². The zero-order valence-corrected chi connectivity index (χ0v) is 4.76. The highest BCUT2D eigenvalue weighted by molar-refractivity contribution is 5.26. The van der Waals surface area contributed by atoms with Crippen molar-refractivity contribution in [1.82, 2.24) is 0 Å². The molecule has 1 aromatic rings. The van der Waals surface area contributed by atoms with Crippen LogP contribution in [0.5, 0.6) is 5.75 Å². The van der Waals surface area contributed by atoms with E-state index in [2.05, 4.69) is 0 Å². The molecule has 0 saturated heterocycles. The van der Waals surface area contributed by atoms with Crippen LogP contribution in [0.15, 0.2) is 24.3 Å². The summed E-state index contributed by atoms with van der Waals surface area (Å²) < 4.78 is 35.9. The molecule has 1 nitrogen and oxygen atoms in total. The maximum absolute atomic E-state index is 9.09. The molecule has 48 valence electrons. The van der Waals surface area contributed by atoms with Gasteiger partial charge >= 0.3 is 0 Å². The molecule has 1 N–H and O–H groups in total. The van der Waals surface area contributed by atoms with E-state index in [1.807, 2.05) is 0 Å². The maximum atomic E-state index is 9.09. The van der Waals surface area contributed by atoms with Gasteiger partial charge in [-0.2, -0.15) is 0 Å². The minimum Gasteiger partial charge on any atom is -0.508 e. The summed E-state index contributed by atoms with van der Waals surface area (Å²) in [5.41, 5.74) is -0.0440. The van der Waals surface area contributed by atoms with Gasteiger partial charge in [-0.25, -0.2) is 0 Å². The van der Waals surface area contributed by atoms with Gasteiger partial charge in [-0.1, -0.05) is 19.0 Å². The molecule has 1 heteroatoms. The third-order valence-corrected chi connectivity index (χ3v) is 0.990. The fourth-order valence-corrected chi connectivity index (χ4v) is 0.584. The van der Waals surface area contributed by atoms with Crippen molar-refractivity contribution in [1.29, 1.82) is 0 Å². The number of aryl methyl sites for hydroxylation is 1. The largest absolute Gasteiger partial charge is 0.508 e. The second kappa shape index (κ2) is 2.53. The summed E-state index contributed by atoms with van der Waals surface area (Å²) in [6, 6.07) is 5.23. The molecule has 9 heavy (non-hydrogen) atoms. The molecule has 0 aliphatic rings. The van der Waals surface area contributed by atoms with Crippen molar-refractivity contribution in [3.63, 3.8) is 0 Å². The summed E-state index contributed by atoms with van der Waals surface area (Å²) in [6.07, 6.45) is -2.44. The summed E-state index contributed by atoms with van der Waals surface area (Å²) in [7, 11) is 0. The number of phenols is 1. The van der Waals surface area contributed by atoms with Gasteiger partial charge in [0.2, 0.25) is 0 Å². The number of benzene rings is 1. The Labute approximate surface area is 62.0 Å². The molecule has 0 atom stereocenters. The van der Waals surface area contributed by atoms with Crippen LogP contribution in [0.3, 0.4) is 0 Å². The predicted octanol–water partition coefficient (Wildman–Crippen LogP) is 1.95. The maximum Gasteiger partial charge on any atom is 0.115 e. The molecule has 0 unspecified atom stereocenters. The quantitative estimate of drug-likeness (QED) is 0.611. The molecule has 1 aromatic carbocycles. The van der Waals surface area contributed by atoms with Crippen LogP contribution < -0.4 is 0 Å². The molecule has 0 aliphatic carbocycles. The smallest absolute Gasteiger partial charge is 0.115 e. The SMILES string of the molecule is [2H]C([2H])([2H])C([2H])([2H])c1cccc(O)c1. The van der Waals surface area contributed by atoms with E-state index in [0.29, 0.717) is 0 Å². The zero-order chi connectivity index (χ0) is 11.0. The first-order valence-electron chi connectivity index (χ1n) is 5.04. The number of rotatable bonds is 1. The monoisotopic (exact) mass is 127 g/mol. The Morgan fingerprint density at radius 2 is 2.67 bits per heavy atom. The molecule has 0 aromatic heterocycles. The van der Waals surface area contributed by atoms with Crippen molar-refractivity contribution in [2.75, 3.05) is 0 Å². The van der Waals surface area contributed by atoms with E-state index in [1.165, 1.54) is 18.2 Å². The van der Waals surface area contributed by atoms with Crippen molar-refractivity contribution >= 4 is 0 Å². The first-order chi connectivity index (χ1) is 6.25. The van der Waals surface area contributed by atoms with Crippen molar-refractivity contribution in [2.45, 2.75) is 13.2 Å².